The fourth-order valence-electron chi connectivity index (χ4n) is 1.37. The maximum Gasteiger partial charge on any atom is 0.407 e. The van der Waals surface area contributed by atoms with Gasteiger partial charge in [-0.1, -0.05) is 0 Å². The van der Waals surface area contributed by atoms with Crippen molar-refractivity contribution in [3.05, 3.63) is 18.0 Å². The predicted octanol–water partition coefficient (Wildman–Crippen LogP) is 1.52. The normalized spacial score (nSPS) is 11.1. The van der Waals surface area contributed by atoms with Crippen molar-refractivity contribution < 1.29 is 14.3 Å². The highest BCUT2D eigenvalue weighted by molar-refractivity contribution is 5.94. The summed E-state index contributed by atoms with van der Waals surface area (Å²) in [7, 11) is 1.70. The van der Waals surface area contributed by atoms with E-state index in [1.165, 1.54) is 4.68 Å². The molecule has 6 heteroatoms. The van der Waals surface area contributed by atoms with Crippen LogP contribution in [-0.2, 0) is 11.8 Å². The summed E-state index contributed by atoms with van der Waals surface area (Å²) in [6.07, 6.45) is 1.27. The Morgan fingerprint density at radius 1 is 1.44 bits per heavy atom. The minimum absolute atomic E-state index is 0.0638. The van der Waals surface area contributed by atoms with Crippen LogP contribution in [0.2, 0.25) is 0 Å². The Morgan fingerprint density at radius 2 is 2.11 bits per heavy atom. The molecule has 100 valence electrons. The third kappa shape index (κ3) is 4.57. The second kappa shape index (κ2) is 5.66. The lowest BCUT2D eigenvalue weighted by atomic mass is 10.2. The van der Waals surface area contributed by atoms with Crippen molar-refractivity contribution >= 4 is 11.9 Å². The van der Waals surface area contributed by atoms with E-state index in [0.29, 0.717) is 5.69 Å². The number of rotatable bonds is 4. The molecule has 0 aliphatic rings. The van der Waals surface area contributed by atoms with Crippen LogP contribution in [0.5, 0.6) is 0 Å². The summed E-state index contributed by atoms with van der Waals surface area (Å²) in [6, 6.07) is 1.65. The first-order valence-electron chi connectivity index (χ1n) is 5.77. The zero-order valence-corrected chi connectivity index (χ0v) is 11.2. The first-order chi connectivity index (χ1) is 8.29. The van der Waals surface area contributed by atoms with Crippen molar-refractivity contribution in [2.75, 3.05) is 6.54 Å². The van der Waals surface area contributed by atoms with E-state index in [0.717, 1.165) is 0 Å². The van der Waals surface area contributed by atoms with E-state index in [2.05, 4.69) is 10.4 Å². The SMILES string of the molecule is Cn1nccc1C(=O)CCNC(=O)OC(C)(C)C. The Balaban J connectivity index is 2.33. The lowest BCUT2D eigenvalue weighted by Gasteiger charge is -2.19. The number of alkyl carbamates (subject to hydrolysis) is 1. The molecule has 0 saturated carbocycles. The molecule has 0 atom stereocenters. The van der Waals surface area contributed by atoms with E-state index >= 15 is 0 Å². The minimum Gasteiger partial charge on any atom is -0.444 e. The zero-order chi connectivity index (χ0) is 13.8. The van der Waals surface area contributed by atoms with Gasteiger partial charge in [-0.25, -0.2) is 4.79 Å². The standard InChI is InChI=1S/C12H19N3O3/c1-12(2,3)18-11(17)13-7-6-10(16)9-5-8-14-15(9)4/h5,8H,6-7H2,1-4H3,(H,13,17). The van der Waals surface area contributed by atoms with Crippen molar-refractivity contribution in [3.8, 4) is 0 Å². The van der Waals surface area contributed by atoms with Crippen molar-refractivity contribution in [1.82, 2.24) is 15.1 Å². The van der Waals surface area contributed by atoms with Gasteiger partial charge in [0.15, 0.2) is 5.78 Å². The second-order valence-corrected chi connectivity index (χ2v) is 4.94. The highest BCUT2D eigenvalue weighted by Gasteiger charge is 2.16. The number of hydrogen-bond donors (Lipinski definition) is 1. The molecule has 18 heavy (non-hydrogen) atoms. The second-order valence-electron chi connectivity index (χ2n) is 4.94. The molecule has 0 spiro atoms. The molecule has 0 bridgehead atoms. The molecule has 6 nitrogen and oxygen atoms in total. The summed E-state index contributed by atoms with van der Waals surface area (Å²) in [5.74, 6) is -0.0638. The predicted molar refractivity (Wildman–Crippen MR) is 66.4 cm³/mol. The van der Waals surface area contributed by atoms with Gasteiger partial charge in [0.25, 0.3) is 0 Å². The number of ether oxygens (including phenoxy) is 1. The number of hydrogen-bond acceptors (Lipinski definition) is 4. The van der Waals surface area contributed by atoms with E-state index in [1.807, 2.05) is 0 Å². The number of nitrogens with one attached hydrogen (secondary N) is 1. The van der Waals surface area contributed by atoms with E-state index in [9.17, 15) is 9.59 Å². The van der Waals surface area contributed by atoms with E-state index in [4.69, 9.17) is 4.74 Å². The Kier molecular flexibility index (Phi) is 4.47. The van der Waals surface area contributed by atoms with Crippen LogP contribution < -0.4 is 5.32 Å². The molecule has 0 fully saturated rings. The zero-order valence-electron chi connectivity index (χ0n) is 11.2. The van der Waals surface area contributed by atoms with Crippen molar-refractivity contribution in [2.24, 2.45) is 7.05 Å². The van der Waals surface area contributed by atoms with Crippen LogP contribution in [0.25, 0.3) is 0 Å². The molecule has 0 radical (unpaired) electrons. The Labute approximate surface area is 106 Å². The van der Waals surface area contributed by atoms with Crippen molar-refractivity contribution in [2.45, 2.75) is 32.8 Å². The van der Waals surface area contributed by atoms with Gasteiger partial charge < -0.3 is 10.1 Å². The fourth-order valence-corrected chi connectivity index (χ4v) is 1.37. The molecule has 0 unspecified atom stereocenters. The number of amides is 1. The van der Waals surface area contributed by atoms with Crippen LogP contribution in [0, 0.1) is 0 Å². The molecule has 0 saturated heterocycles. The van der Waals surface area contributed by atoms with Gasteiger partial charge in [-0.15, -0.1) is 0 Å². The summed E-state index contributed by atoms with van der Waals surface area (Å²) in [6.45, 7) is 5.60. The van der Waals surface area contributed by atoms with Gasteiger partial charge >= 0.3 is 6.09 Å². The summed E-state index contributed by atoms with van der Waals surface area (Å²) in [5.41, 5.74) is -0.00292. The molecular formula is C12H19N3O3. The Bertz CT molecular complexity index is 432. The van der Waals surface area contributed by atoms with E-state index < -0.39 is 11.7 Å². The molecule has 1 aromatic heterocycles. The molecule has 0 aliphatic carbocycles. The highest BCUT2D eigenvalue weighted by atomic mass is 16.6. The average molecular weight is 253 g/mol. The number of Topliss-reactive ketones (excluding diaryl/α,β-unsaturated/α-hetero) is 1. The number of aromatic nitrogens is 2. The van der Waals surface area contributed by atoms with Crippen LogP contribution in [0.3, 0.4) is 0 Å². The lowest BCUT2D eigenvalue weighted by molar-refractivity contribution is 0.0527. The summed E-state index contributed by atoms with van der Waals surface area (Å²) in [4.78, 5) is 23.1. The topological polar surface area (TPSA) is 73.2 Å². The molecule has 0 aliphatic heterocycles. The van der Waals surface area contributed by atoms with Gasteiger partial charge in [0, 0.05) is 26.2 Å². The van der Waals surface area contributed by atoms with E-state index in [-0.39, 0.29) is 18.7 Å². The van der Waals surface area contributed by atoms with Crippen LogP contribution >= 0.6 is 0 Å². The number of carbonyl (C=O) groups excluding carboxylic acids is 2. The molecule has 1 heterocycles. The van der Waals surface area contributed by atoms with Crippen LogP contribution in [0.1, 0.15) is 37.7 Å². The molecule has 1 rings (SSSR count). The van der Waals surface area contributed by atoms with Crippen molar-refractivity contribution in [3.63, 3.8) is 0 Å². The number of carbonyl (C=O) groups is 2. The summed E-state index contributed by atoms with van der Waals surface area (Å²) in [5, 5.41) is 6.45. The van der Waals surface area contributed by atoms with Crippen LogP contribution in [0.4, 0.5) is 4.79 Å². The number of nitrogens with zero attached hydrogens (tertiary/aromatic N) is 2. The van der Waals surface area contributed by atoms with Crippen molar-refractivity contribution in [1.29, 1.82) is 0 Å². The number of ketones is 1. The van der Waals surface area contributed by atoms with Crippen LogP contribution in [0.15, 0.2) is 12.3 Å². The van der Waals surface area contributed by atoms with Gasteiger partial charge in [0.2, 0.25) is 0 Å². The summed E-state index contributed by atoms with van der Waals surface area (Å²) < 4.78 is 6.56. The number of aryl methyl sites for hydroxylation is 1. The van der Waals surface area contributed by atoms with Gasteiger partial charge in [-0.05, 0) is 26.8 Å². The first kappa shape index (κ1) is 14.2. The van der Waals surface area contributed by atoms with Gasteiger partial charge in [0.05, 0.1) is 0 Å². The lowest BCUT2D eigenvalue weighted by Crippen LogP contribution is -2.33. The maximum atomic E-state index is 11.7. The molecule has 1 N–H and O–H groups in total. The minimum atomic E-state index is -0.532. The fraction of sp³-hybridized carbons (Fsp3) is 0.583. The third-order valence-corrected chi connectivity index (χ3v) is 2.13. The molecule has 0 aromatic carbocycles. The smallest absolute Gasteiger partial charge is 0.407 e. The largest absolute Gasteiger partial charge is 0.444 e. The molecule has 1 amide bonds. The Morgan fingerprint density at radius 3 is 2.61 bits per heavy atom. The van der Waals surface area contributed by atoms with Gasteiger partial charge in [-0.2, -0.15) is 5.10 Å². The van der Waals surface area contributed by atoms with Crippen LogP contribution in [-0.4, -0.2) is 33.8 Å². The van der Waals surface area contributed by atoms with Gasteiger partial charge in [-0.3, -0.25) is 9.48 Å². The van der Waals surface area contributed by atoms with E-state index in [1.54, 1.807) is 40.1 Å². The molecule has 1 aromatic rings. The summed E-state index contributed by atoms with van der Waals surface area (Å²) >= 11 is 0. The first-order valence-corrected chi connectivity index (χ1v) is 5.77. The quantitative estimate of drug-likeness (QED) is 0.826. The monoisotopic (exact) mass is 253 g/mol. The molecular weight excluding hydrogens is 234 g/mol. The Hall–Kier alpha value is -1.85. The maximum absolute atomic E-state index is 11.7. The third-order valence-electron chi connectivity index (χ3n) is 2.13. The van der Waals surface area contributed by atoms with Gasteiger partial charge in [0.1, 0.15) is 11.3 Å². The average Bonchev–Trinajstić information content (AvgIpc) is 2.61. The highest BCUT2D eigenvalue weighted by Crippen LogP contribution is 2.06.